The van der Waals surface area contributed by atoms with Crippen molar-refractivity contribution < 1.29 is 18.8 Å². The van der Waals surface area contributed by atoms with E-state index in [9.17, 15) is 18.8 Å². The molecule has 2 aliphatic heterocycles. The van der Waals surface area contributed by atoms with Crippen LogP contribution in [-0.4, -0.2) is 60.2 Å². The second-order valence-electron chi connectivity index (χ2n) is 6.57. The molecule has 0 aromatic heterocycles. The van der Waals surface area contributed by atoms with E-state index < -0.39 is 0 Å². The van der Waals surface area contributed by atoms with Crippen LogP contribution in [0.4, 0.5) is 4.39 Å². The Morgan fingerprint density at radius 3 is 2.92 bits per heavy atom. The fraction of sp³-hybridized carbons (Fsp3) is 0.500. The summed E-state index contributed by atoms with van der Waals surface area (Å²) in [7, 11) is 0. The van der Waals surface area contributed by atoms with E-state index in [2.05, 4.69) is 5.32 Å². The lowest BCUT2D eigenvalue weighted by Gasteiger charge is -2.36. The molecular formula is C18H22FN3O3. The molecule has 0 aliphatic carbocycles. The molecule has 1 aromatic carbocycles. The third kappa shape index (κ3) is 4.35. The van der Waals surface area contributed by atoms with Crippen molar-refractivity contribution in [2.75, 3.05) is 32.7 Å². The Balaban J connectivity index is 1.58. The number of carbonyl (C=O) groups is 3. The molecule has 1 aromatic rings. The molecule has 6 nitrogen and oxygen atoms in total. The topological polar surface area (TPSA) is 69.7 Å². The molecule has 2 saturated heterocycles. The highest BCUT2D eigenvalue weighted by molar-refractivity contribution is 5.88. The maximum absolute atomic E-state index is 13.3. The highest BCUT2D eigenvalue weighted by atomic mass is 19.1. The number of likely N-dealkylation sites (tertiary alicyclic amines) is 1. The molecule has 7 heteroatoms. The largest absolute Gasteiger partial charge is 0.353 e. The van der Waals surface area contributed by atoms with E-state index >= 15 is 0 Å². The maximum Gasteiger partial charge on any atom is 0.239 e. The van der Waals surface area contributed by atoms with E-state index in [4.69, 9.17) is 0 Å². The summed E-state index contributed by atoms with van der Waals surface area (Å²) >= 11 is 0. The van der Waals surface area contributed by atoms with Gasteiger partial charge in [-0.25, -0.2) is 4.39 Å². The zero-order chi connectivity index (χ0) is 17.8. The monoisotopic (exact) mass is 347 g/mol. The molecule has 0 bridgehead atoms. The van der Waals surface area contributed by atoms with E-state index in [1.165, 1.54) is 12.1 Å². The average Bonchev–Trinajstić information content (AvgIpc) is 2.60. The zero-order valence-corrected chi connectivity index (χ0v) is 14.0. The Morgan fingerprint density at radius 2 is 2.16 bits per heavy atom. The maximum atomic E-state index is 13.3. The minimum absolute atomic E-state index is 0.0249. The standard InChI is InChI=1S/C18H22FN3O3/c19-15-3-1-2-13(10-15)6-8-21-11-14(4-5-17(21)24)18(25)22-9-7-20-16(23)12-22/h1-3,10,14H,4-9,11-12H2,(H,20,23). The lowest BCUT2D eigenvalue weighted by molar-refractivity contribution is -0.146. The lowest BCUT2D eigenvalue weighted by atomic mass is 9.95. The number of piperazine rings is 1. The fourth-order valence-electron chi connectivity index (χ4n) is 3.37. The van der Waals surface area contributed by atoms with Crippen molar-refractivity contribution in [3.63, 3.8) is 0 Å². The molecule has 2 aliphatic rings. The normalized spacial score (nSPS) is 21.2. The third-order valence-corrected chi connectivity index (χ3v) is 4.76. The van der Waals surface area contributed by atoms with Gasteiger partial charge in [-0.2, -0.15) is 0 Å². The van der Waals surface area contributed by atoms with Crippen molar-refractivity contribution in [3.8, 4) is 0 Å². The van der Waals surface area contributed by atoms with Gasteiger partial charge in [0.25, 0.3) is 0 Å². The van der Waals surface area contributed by atoms with Crippen LogP contribution in [0.3, 0.4) is 0 Å². The Morgan fingerprint density at radius 1 is 1.32 bits per heavy atom. The van der Waals surface area contributed by atoms with Gasteiger partial charge in [0.2, 0.25) is 17.7 Å². The van der Waals surface area contributed by atoms with Gasteiger partial charge in [-0.15, -0.1) is 0 Å². The fourth-order valence-corrected chi connectivity index (χ4v) is 3.37. The SMILES string of the molecule is O=C1CN(C(=O)C2CCC(=O)N(CCc3cccc(F)c3)C2)CCN1. The van der Waals surface area contributed by atoms with Gasteiger partial charge in [0, 0.05) is 32.6 Å². The number of nitrogens with one attached hydrogen (secondary N) is 1. The van der Waals surface area contributed by atoms with Crippen LogP contribution in [0, 0.1) is 11.7 Å². The number of halogens is 1. The number of hydrogen-bond donors (Lipinski definition) is 1. The molecule has 0 radical (unpaired) electrons. The van der Waals surface area contributed by atoms with Crippen LogP contribution >= 0.6 is 0 Å². The first-order valence-corrected chi connectivity index (χ1v) is 8.60. The van der Waals surface area contributed by atoms with Gasteiger partial charge in [-0.3, -0.25) is 14.4 Å². The highest BCUT2D eigenvalue weighted by Crippen LogP contribution is 2.21. The van der Waals surface area contributed by atoms with Crippen LogP contribution in [0.25, 0.3) is 0 Å². The smallest absolute Gasteiger partial charge is 0.239 e. The molecule has 2 fully saturated rings. The number of rotatable bonds is 4. The predicted octanol–water partition coefficient (Wildman–Crippen LogP) is 0.565. The van der Waals surface area contributed by atoms with Gasteiger partial charge in [-0.1, -0.05) is 12.1 Å². The van der Waals surface area contributed by atoms with Gasteiger partial charge in [0.1, 0.15) is 5.82 Å². The van der Waals surface area contributed by atoms with Crippen LogP contribution in [0.2, 0.25) is 0 Å². The minimum atomic E-state index is -0.293. The van der Waals surface area contributed by atoms with Crippen LogP contribution in [0.1, 0.15) is 18.4 Å². The highest BCUT2D eigenvalue weighted by Gasteiger charge is 2.33. The number of hydrogen-bond acceptors (Lipinski definition) is 3. The Hall–Kier alpha value is -2.44. The minimum Gasteiger partial charge on any atom is -0.353 e. The van der Waals surface area contributed by atoms with E-state index in [-0.39, 0.29) is 36.0 Å². The quantitative estimate of drug-likeness (QED) is 0.866. The van der Waals surface area contributed by atoms with E-state index in [0.717, 1.165) is 5.56 Å². The van der Waals surface area contributed by atoms with Gasteiger partial charge < -0.3 is 15.1 Å². The van der Waals surface area contributed by atoms with Crippen molar-refractivity contribution in [1.82, 2.24) is 15.1 Å². The van der Waals surface area contributed by atoms with E-state index in [1.54, 1.807) is 15.9 Å². The number of piperidine rings is 1. The van der Waals surface area contributed by atoms with Crippen LogP contribution in [0.15, 0.2) is 24.3 Å². The summed E-state index contributed by atoms with van der Waals surface area (Å²) in [6.07, 6.45) is 1.41. The van der Waals surface area contributed by atoms with Crippen LogP contribution < -0.4 is 5.32 Å². The molecule has 0 spiro atoms. The predicted molar refractivity (Wildman–Crippen MR) is 89.0 cm³/mol. The van der Waals surface area contributed by atoms with Crippen molar-refractivity contribution in [2.45, 2.75) is 19.3 Å². The molecule has 3 amide bonds. The zero-order valence-electron chi connectivity index (χ0n) is 14.0. The van der Waals surface area contributed by atoms with Crippen molar-refractivity contribution in [2.24, 2.45) is 5.92 Å². The average molecular weight is 347 g/mol. The van der Waals surface area contributed by atoms with Gasteiger partial charge in [-0.05, 0) is 30.5 Å². The number of nitrogens with zero attached hydrogens (tertiary/aromatic N) is 2. The van der Waals surface area contributed by atoms with Crippen molar-refractivity contribution in [3.05, 3.63) is 35.6 Å². The molecule has 3 rings (SSSR count). The molecule has 134 valence electrons. The summed E-state index contributed by atoms with van der Waals surface area (Å²) in [5.41, 5.74) is 0.828. The van der Waals surface area contributed by atoms with E-state index in [0.29, 0.717) is 45.4 Å². The second-order valence-corrected chi connectivity index (χ2v) is 6.57. The molecule has 0 saturated carbocycles. The lowest BCUT2D eigenvalue weighted by Crippen LogP contribution is -2.54. The summed E-state index contributed by atoms with van der Waals surface area (Å²) in [5, 5.41) is 2.70. The first-order chi connectivity index (χ1) is 12.0. The Labute approximate surface area is 146 Å². The number of benzene rings is 1. The Kier molecular flexibility index (Phi) is 5.31. The number of carbonyl (C=O) groups excluding carboxylic acids is 3. The van der Waals surface area contributed by atoms with Crippen molar-refractivity contribution in [1.29, 1.82) is 0 Å². The Bertz CT molecular complexity index is 679. The van der Waals surface area contributed by atoms with Gasteiger partial charge in [0.15, 0.2) is 0 Å². The summed E-state index contributed by atoms with van der Waals surface area (Å²) in [4.78, 5) is 39.5. The van der Waals surface area contributed by atoms with Gasteiger partial charge >= 0.3 is 0 Å². The van der Waals surface area contributed by atoms with Crippen molar-refractivity contribution >= 4 is 17.7 Å². The van der Waals surface area contributed by atoms with Crippen LogP contribution in [-0.2, 0) is 20.8 Å². The van der Waals surface area contributed by atoms with Gasteiger partial charge in [0.05, 0.1) is 12.5 Å². The summed E-state index contributed by atoms with van der Waals surface area (Å²) < 4.78 is 13.3. The molecule has 1 atom stereocenters. The van der Waals surface area contributed by atoms with Crippen LogP contribution in [0.5, 0.6) is 0 Å². The third-order valence-electron chi connectivity index (χ3n) is 4.76. The first kappa shape index (κ1) is 17.4. The summed E-state index contributed by atoms with van der Waals surface area (Å²) in [6, 6.07) is 6.32. The second kappa shape index (κ2) is 7.63. The molecule has 2 heterocycles. The molecule has 1 N–H and O–H groups in total. The molecular weight excluding hydrogens is 325 g/mol. The van der Waals surface area contributed by atoms with E-state index in [1.807, 2.05) is 6.07 Å². The molecule has 1 unspecified atom stereocenters. The summed E-state index contributed by atoms with van der Waals surface area (Å²) in [6.45, 7) is 1.90. The number of amides is 3. The molecule has 25 heavy (non-hydrogen) atoms. The summed E-state index contributed by atoms with van der Waals surface area (Å²) in [5.74, 6) is -0.737. The first-order valence-electron chi connectivity index (χ1n) is 8.60.